The van der Waals surface area contributed by atoms with E-state index < -0.39 is 28.7 Å². The second-order valence-corrected chi connectivity index (χ2v) is 11.8. The second kappa shape index (κ2) is 10.5. The molecule has 4 rings (SSSR count). The van der Waals surface area contributed by atoms with Crippen LogP contribution in [0.2, 0.25) is 0 Å². The summed E-state index contributed by atoms with van der Waals surface area (Å²) in [4.78, 5) is -0.244. The largest absolute Gasteiger partial charge is 0.492 e. The molecule has 1 atom stereocenters. The molecule has 0 amide bonds. The molecular formula is C24H24F3IN2O4S. The minimum Gasteiger partial charge on any atom is -0.492 e. The third-order valence-electron chi connectivity index (χ3n) is 6.27. The Labute approximate surface area is 216 Å². The minimum atomic E-state index is -4.53. The lowest BCUT2D eigenvalue weighted by molar-refractivity contribution is -0.138. The molecule has 1 saturated heterocycles. The lowest BCUT2D eigenvalue weighted by Gasteiger charge is -2.38. The van der Waals surface area contributed by atoms with E-state index in [1.165, 1.54) is 18.2 Å². The first-order valence-electron chi connectivity index (χ1n) is 11.2. The predicted octanol–water partition coefficient (Wildman–Crippen LogP) is 5.43. The van der Waals surface area contributed by atoms with Gasteiger partial charge in [0.15, 0.2) is 0 Å². The molecule has 188 valence electrons. The van der Waals surface area contributed by atoms with Crippen LogP contribution in [0.25, 0.3) is 0 Å². The number of ether oxygens (including phenoxy) is 2. The van der Waals surface area contributed by atoms with Crippen molar-refractivity contribution >= 4 is 38.3 Å². The summed E-state index contributed by atoms with van der Waals surface area (Å²) < 4.78 is 80.4. The molecule has 35 heavy (non-hydrogen) atoms. The summed E-state index contributed by atoms with van der Waals surface area (Å²) in [6.07, 6.45) is -3.72. The molecule has 2 aromatic carbocycles. The van der Waals surface area contributed by atoms with Gasteiger partial charge >= 0.3 is 6.18 Å². The molecule has 2 heterocycles. The van der Waals surface area contributed by atoms with E-state index in [1.807, 2.05) is 6.07 Å². The Morgan fingerprint density at radius 1 is 1.14 bits per heavy atom. The molecule has 0 unspecified atom stereocenters. The van der Waals surface area contributed by atoms with Crippen molar-refractivity contribution in [3.05, 3.63) is 51.1 Å². The number of fused-ring (bicyclic) bond motifs is 1. The summed E-state index contributed by atoms with van der Waals surface area (Å²) in [6.45, 7) is 1.66. The van der Waals surface area contributed by atoms with Crippen molar-refractivity contribution < 1.29 is 31.1 Å². The molecule has 0 aromatic heterocycles. The van der Waals surface area contributed by atoms with E-state index in [0.717, 1.165) is 20.7 Å². The minimum absolute atomic E-state index is 0.0188. The van der Waals surface area contributed by atoms with E-state index in [0.29, 0.717) is 31.8 Å². The van der Waals surface area contributed by atoms with Crippen LogP contribution in [0.5, 0.6) is 5.75 Å². The molecular weight excluding hydrogens is 596 g/mol. The quantitative estimate of drug-likeness (QED) is 0.403. The fraction of sp³-hybridized carbons (Fsp3) is 0.458. The molecule has 6 nitrogen and oxygen atoms in total. The van der Waals surface area contributed by atoms with Gasteiger partial charge < -0.3 is 9.47 Å². The summed E-state index contributed by atoms with van der Waals surface area (Å²) in [6, 6.07) is 9.57. The monoisotopic (exact) mass is 620 g/mol. The van der Waals surface area contributed by atoms with Crippen LogP contribution in [0.1, 0.15) is 36.8 Å². The lowest BCUT2D eigenvalue weighted by atomic mass is 9.96. The van der Waals surface area contributed by atoms with Crippen LogP contribution in [-0.2, 0) is 21.2 Å². The molecule has 2 aliphatic heterocycles. The molecule has 0 bridgehead atoms. The highest BCUT2D eigenvalue weighted by Gasteiger charge is 2.42. The molecule has 0 saturated carbocycles. The predicted molar refractivity (Wildman–Crippen MR) is 132 cm³/mol. The van der Waals surface area contributed by atoms with E-state index in [-0.39, 0.29) is 34.2 Å². The highest BCUT2D eigenvalue weighted by Crippen LogP contribution is 2.40. The Balaban J connectivity index is 1.67. The maximum atomic E-state index is 13.7. The first kappa shape index (κ1) is 26.0. The molecule has 0 aliphatic carbocycles. The van der Waals surface area contributed by atoms with Gasteiger partial charge in [0.1, 0.15) is 11.8 Å². The zero-order valence-electron chi connectivity index (χ0n) is 18.7. The molecule has 0 spiro atoms. The topological polar surface area (TPSA) is 79.6 Å². The third-order valence-corrected chi connectivity index (χ3v) is 8.80. The highest BCUT2D eigenvalue weighted by atomic mass is 127. The van der Waals surface area contributed by atoms with Gasteiger partial charge in [-0.25, -0.2) is 8.42 Å². The van der Waals surface area contributed by atoms with Gasteiger partial charge in [0, 0.05) is 16.8 Å². The van der Waals surface area contributed by atoms with E-state index >= 15 is 0 Å². The van der Waals surface area contributed by atoms with Crippen LogP contribution in [0.3, 0.4) is 0 Å². The van der Waals surface area contributed by atoms with E-state index in [1.54, 1.807) is 18.2 Å². The molecule has 0 N–H and O–H groups in total. The fourth-order valence-corrected chi connectivity index (χ4v) is 6.80. The number of hydrogen-bond donors (Lipinski definition) is 0. The van der Waals surface area contributed by atoms with Crippen LogP contribution in [-0.4, -0.2) is 40.5 Å². The van der Waals surface area contributed by atoms with Gasteiger partial charge in [-0.05, 0) is 96.2 Å². The first-order valence-corrected chi connectivity index (χ1v) is 13.7. The Morgan fingerprint density at radius 2 is 1.89 bits per heavy atom. The maximum Gasteiger partial charge on any atom is 0.391 e. The van der Waals surface area contributed by atoms with Gasteiger partial charge in [-0.15, -0.1) is 0 Å². The van der Waals surface area contributed by atoms with E-state index in [4.69, 9.17) is 9.47 Å². The Hall–Kier alpha value is -2.04. The van der Waals surface area contributed by atoms with Crippen LogP contribution in [0.15, 0.2) is 41.3 Å². The SMILES string of the molecule is N#Cc1cc(S(=O)(=O)N2c3ccc(I)cc3CC[C@H]2CC(F)(F)F)ccc1OCC1CCOCC1. The summed E-state index contributed by atoms with van der Waals surface area (Å²) in [5.41, 5.74) is 0.936. The summed E-state index contributed by atoms with van der Waals surface area (Å²) >= 11 is 2.08. The number of aryl methyl sites for hydroxylation is 1. The standard InChI is InChI=1S/C24H24F3IN2O4S/c25-24(26,27)13-20-3-1-17-11-19(28)2-5-22(17)30(20)35(31,32)21-4-6-23(18(12-21)14-29)34-15-16-7-9-33-10-8-16/h2,4-6,11-12,16,20H,1,3,7-10,13,15H2/t20-/m0/s1. The van der Waals surface area contributed by atoms with Gasteiger partial charge in [0.25, 0.3) is 10.0 Å². The normalized spacial score (nSPS) is 19.2. The van der Waals surface area contributed by atoms with Gasteiger partial charge in [-0.1, -0.05) is 0 Å². The summed E-state index contributed by atoms with van der Waals surface area (Å²) in [5, 5.41) is 9.64. The third kappa shape index (κ3) is 6.03. The Kier molecular flexibility index (Phi) is 7.83. The van der Waals surface area contributed by atoms with Gasteiger partial charge in [-0.3, -0.25) is 4.31 Å². The van der Waals surface area contributed by atoms with Crippen molar-refractivity contribution in [2.75, 3.05) is 24.1 Å². The molecule has 2 aromatic rings. The van der Waals surface area contributed by atoms with Crippen molar-refractivity contribution in [3.8, 4) is 11.8 Å². The number of rotatable bonds is 6. The average molecular weight is 620 g/mol. The lowest BCUT2D eigenvalue weighted by Crippen LogP contribution is -2.45. The van der Waals surface area contributed by atoms with Gasteiger partial charge in [0.05, 0.1) is 35.2 Å². The average Bonchev–Trinajstić information content (AvgIpc) is 2.82. The van der Waals surface area contributed by atoms with Crippen molar-refractivity contribution in [2.24, 2.45) is 5.92 Å². The van der Waals surface area contributed by atoms with E-state index in [9.17, 15) is 26.9 Å². The van der Waals surface area contributed by atoms with Gasteiger partial charge in [-0.2, -0.15) is 18.4 Å². The first-order chi connectivity index (χ1) is 16.6. The number of sulfonamides is 1. The number of alkyl halides is 3. The highest BCUT2D eigenvalue weighted by molar-refractivity contribution is 14.1. The number of nitrogens with zero attached hydrogens (tertiary/aromatic N) is 2. The van der Waals surface area contributed by atoms with Crippen LogP contribution in [0, 0.1) is 20.8 Å². The maximum absolute atomic E-state index is 13.7. The molecule has 2 aliphatic rings. The van der Waals surface area contributed by atoms with Crippen LogP contribution in [0.4, 0.5) is 18.9 Å². The fourth-order valence-electron chi connectivity index (χ4n) is 4.50. The Morgan fingerprint density at radius 3 is 2.57 bits per heavy atom. The summed E-state index contributed by atoms with van der Waals surface area (Å²) in [7, 11) is -4.39. The number of nitriles is 1. The van der Waals surface area contributed by atoms with Crippen molar-refractivity contribution in [3.63, 3.8) is 0 Å². The zero-order valence-corrected chi connectivity index (χ0v) is 21.7. The van der Waals surface area contributed by atoms with Gasteiger partial charge in [0.2, 0.25) is 0 Å². The summed E-state index contributed by atoms with van der Waals surface area (Å²) in [5.74, 6) is 0.521. The van der Waals surface area contributed by atoms with Crippen molar-refractivity contribution in [2.45, 2.75) is 49.2 Å². The number of anilines is 1. The van der Waals surface area contributed by atoms with Crippen LogP contribution >= 0.6 is 22.6 Å². The number of hydrogen-bond acceptors (Lipinski definition) is 5. The Bertz CT molecular complexity index is 1220. The van der Waals surface area contributed by atoms with E-state index in [2.05, 4.69) is 22.6 Å². The van der Waals surface area contributed by atoms with Crippen molar-refractivity contribution in [1.29, 1.82) is 5.26 Å². The second-order valence-electron chi connectivity index (χ2n) is 8.72. The molecule has 1 fully saturated rings. The van der Waals surface area contributed by atoms with Crippen molar-refractivity contribution in [1.82, 2.24) is 0 Å². The number of halogens is 4. The number of benzene rings is 2. The molecule has 11 heteroatoms. The zero-order chi connectivity index (χ0) is 25.2. The smallest absolute Gasteiger partial charge is 0.391 e. The molecule has 0 radical (unpaired) electrons. The van der Waals surface area contributed by atoms with Crippen LogP contribution < -0.4 is 9.04 Å².